The van der Waals surface area contributed by atoms with Crippen LogP contribution in [-0.4, -0.2) is 47.8 Å². The third kappa shape index (κ3) is 2.55. The second kappa shape index (κ2) is 5.15. The number of carbonyl (C=O) groups is 1. The minimum Gasteiger partial charge on any atom is -0.393 e. The van der Waals surface area contributed by atoms with Crippen LogP contribution in [0.2, 0.25) is 0 Å². The average Bonchev–Trinajstić information content (AvgIpc) is 2.81. The topological polar surface area (TPSA) is 49.8 Å². The molecule has 0 radical (unpaired) electrons. The first kappa shape index (κ1) is 11.9. The number of amides is 1. The molecule has 1 N–H and O–H groups in total. The minimum atomic E-state index is -0.250. The van der Waals surface area contributed by atoms with Crippen molar-refractivity contribution in [3.63, 3.8) is 0 Å². The Morgan fingerprint density at radius 2 is 2.06 bits per heavy atom. The predicted octanol–water partition coefficient (Wildman–Crippen LogP) is 0.785. The number of hydrogen-bond acceptors (Lipinski definition) is 3. The van der Waals surface area contributed by atoms with E-state index < -0.39 is 0 Å². The number of hydrogen-bond donors (Lipinski definition) is 1. The number of nitrogens with zero attached hydrogens (tertiary/aromatic N) is 1. The molecule has 4 heteroatoms. The van der Waals surface area contributed by atoms with E-state index in [1.807, 2.05) is 11.8 Å². The lowest BCUT2D eigenvalue weighted by molar-refractivity contribution is -0.142. The van der Waals surface area contributed by atoms with Gasteiger partial charge in [0.2, 0.25) is 0 Å². The Labute approximate surface area is 96.6 Å². The van der Waals surface area contributed by atoms with E-state index in [-0.39, 0.29) is 18.1 Å². The number of aliphatic hydroxyl groups excluding tert-OH is 1. The van der Waals surface area contributed by atoms with Crippen molar-refractivity contribution < 1.29 is 14.6 Å². The Bertz CT molecular complexity index is 241. The lowest BCUT2D eigenvalue weighted by atomic mass is 9.92. The van der Waals surface area contributed by atoms with E-state index in [1.165, 1.54) is 0 Å². The molecule has 1 amide bonds. The van der Waals surface area contributed by atoms with Crippen molar-refractivity contribution in [2.45, 2.75) is 44.8 Å². The molecule has 92 valence electrons. The van der Waals surface area contributed by atoms with Crippen molar-refractivity contribution in [3.8, 4) is 0 Å². The molecule has 2 rings (SSSR count). The summed E-state index contributed by atoms with van der Waals surface area (Å²) < 4.78 is 5.40. The molecule has 0 aromatic rings. The summed E-state index contributed by atoms with van der Waals surface area (Å²) in [5.41, 5.74) is 0. The monoisotopic (exact) mass is 227 g/mol. The summed E-state index contributed by atoms with van der Waals surface area (Å²) in [4.78, 5) is 13.9. The highest BCUT2D eigenvalue weighted by molar-refractivity contribution is 5.81. The highest BCUT2D eigenvalue weighted by Crippen LogP contribution is 2.23. The fourth-order valence-corrected chi connectivity index (χ4v) is 2.58. The van der Waals surface area contributed by atoms with Gasteiger partial charge in [0.1, 0.15) is 6.10 Å². The summed E-state index contributed by atoms with van der Waals surface area (Å²) in [5, 5.41) is 9.49. The highest BCUT2D eigenvalue weighted by Gasteiger charge is 2.31. The first-order chi connectivity index (χ1) is 7.68. The SMILES string of the molecule is CC(O)C1CCN(C(=O)[C@@H]2CCCO2)CC1. The van der Waals surface area contributed by atoms with Crippen molar-refractivity contribution in [3.05, 3.63) is 0 Å². The van der Waals surface area contributed by atoms with Gasteiger partial charge in [-0.05, 0) is 38.5 Å². The van der Waals surface area contributed by atoms with E-state index in [0.29, 0.717) is 5.92 Å². The van der Waals surface area contributed by atoms with Crippen molar-refractivity contribution in [2.24, 2.45) is 5.92 Å². The molecular formula is C12H21NO3. The molecule has 1 unspecified atom stereocenters. The fraction of sp³-hybridized carbons (Fsp3) is 0.917. The maximum Gasteiger partial charge on any atom is 0.251 e. The molecule has 0 saturated carbocycles. The largest absolute Gasteiger partial charge is 0.393 e. The smallest absolute Gasteiger partial charge is 0.251 e. The van der Waals surface area contributed by atoms with Crippen molar-refractivity contribution in [1.29, 1.82) is 0 Å². The van der Waals surface area contributed by atoms with E-state index in [0.717, 1.165) is 45.4 Å². The molecule has 4 nitrogen and oxygen atoms in total. The van der Waals surface area contributed by atoms with Crippen LogP contribution in [-0.2, 0) is 9.53 Å². The molecule has 2 aliphatic heterocycles. The minimum absolute atomic E-state index is 0.154. The van der Waals surface area contributed by atoms with Gasteiger partial charge in [0, 0.05) is 19.7 Å². The summed E-state index contributed by atoms with van der Waals surface area (Å²) in [6, 6.07) is 0. The van der Waals surface area contributed by atoms with E-state index in [1.54, 1.807) is 0 Å². The molecule has 0 aliphatic carbocycles. The molecule has 2 atom stereocenters. The fourth-order valence-electron chi connectivity index (χ4n) is 2.58. The van der Waals surface area contributed by atoms with E-state index in [2.05, 4.69) is 0 Å². The van der Waals surface area contributed by atoms with Crippen LogP contribution in [0, 0.1) is 5.92 Å². The van der Waals surface area contributed by atoms with Crippen LogP contribution in [0.4, 0.5) is 0 Å². The van der Waals surface area contributed by atoms with Gasteiger partial charge in [-0.1, -0.05) is 0 Å². The van der Waals surface area contributed by atoms with E-state index in [4.69, 9.17) is 4.74 Å². The van der Waals surface area contributed by atoms with Crippen LogP contribution in [0.15, 0.2) is 0 Å². The molecular weight excluding hydrogens is 206 g/mol. The second-order valence-corrected chi connectivity index (χ2v) is 4.90. The van der Waals surface area contributed by atoms with Gasteiger partial charge in [-0.3, -0.25) is 4.79 Å². The van der Waals surface area contributed by atoms with Crippen LogP contribution >= 0.6 is 0 Å². The Morgan fingerprint density at radius 1 is 1.38 bits per heavy atom. The molecule has 0 bridgehead atoms. The quantitative estimate of drug-likeness (QED) is 0.758. The summed E-state index contributed by atoms with van der Waals surface area (Å²) in [5.74, 6) is 0.509. The summed E-state index contributed by atoms with van der Waals surface area (Å²) in [7, 11) is 0. The van der Waals surface area contributed by atoms with Crippen molar-refractivity contribution in [1.82, 2.24) is 4.90 Å². The molecule has 0 aromatic heterocycles. The van der Waals surface area contributed by atoms with Gasteiger partial charge in [-0.15, -0.1) is 0 Å². The molecule has 2 aliphatic rings. The zero-order chi connectivity index (χ0) is 11.5. The highest BCUT2D eigenvalue weighted by atomic mass is 16.5. The van der Waals surface area contributed by atoms with Crippen LogP contribution in [0.5, 0.6) is 0 Å². The van der Waals surface area contributed by atoms with Gasteiger partial charge >= 0.3 is 0 Å². The average molecular weight is 227 g/mol. The van der Waals surface area contributed by atoms with Crippen LogP contribution < -0.4 is 0 Å². The van der Waals surface area contributed by atoms with Gasteiger partial charge in [0.15, 0.2) is 0 Å². The Morgan fingerprint density at radius 3 is 2.56 bits per heavy atom. The third-order valence-corrected chi connectivity index (χ3v) is 3.74. The number of aliphatic hydroxyl groups is 1. The molecule has 2 fully saturated rings. The Kier molecular flexibility index (Phi) is 3.82. The maximum absolute atomic E-state index is 12.0. The summed E-state index contributed by atoms with van der Waals surface area (Å²) in [6.45, 7) is 4.10. The summed E-state index contributed by atoms with van der Waals surface area (Å²) in [6.07, 6.45) is 3.25. The lowest BCUT2D eigenvalue weighted by Crippen LogP contribution is -2.45. The van der Waals surface area contributed by atoms with Crippen LogP contribution in [0.25, 0.3) is 0 Å². The number of likely N-dealkylation sites (tertiary alicyclic amines) is 1. The number of rotatable bonds is 2. The van der Waals surface area contributed by atoms with Crippen LogP contribution in [0.3, 0.4) is 0 Å². The Balaban J connectivity index is 1.81. The molecule has 2 saturated heterocycles. The van der Waals surface area contributed by atoms with Gasteiger partial charge in [0.05, 0.1) is 6.10 Å². The van der Waals surface area contributed by atoms with Crippen molar-refractivity contribution >= 4 is 5.91 Å². The molecule has 0 aromatic carbocycles. The van der Waals surface area contributed by atoms with E-state index in [9.17, 15) is 9.90 Å². The third-order valence-electron chi connectivity index (χ3n) is 3.74. The zero-order valence-electron chi connectivity index (χ0n) is 9.89. The predicted molar refractivity (Wildman–Crippen MR) is 60.0 cm³/mol. The van der Waals surface area contributed by atoms with Crippen LogP contribution in [0.1, 0.15) is 32.6 Å². The first-order valence-electron chi connectivity index (χ1n) is 6.27. The Hall–Kier alpha value is -0.610. The van der Waals surface area contributed by atoms with Gasteiger partial charge in [-0.2, -0.15) is 0 Å². The molecule has 0 spiro atoms. The number of ether oxygens (including phenoxy) is 1. The van der Waals surface area contributed by atoms with Gasteiger partial charge in [0.25, 0.3) is 5.91 Å². The number of carbonyl (C=O) groups excluding carboxylic acids is 1. The second-order valence-electron chi connectivity index (χ2n) is 4.90. The van der Waals surface area contributed by atoms with E-state index >= 15 is 0 Å². The maximum atomic E-state index is 12.0. The first-order valence-corrected chi connectivity index (χ1v) is 6.27. The molecule has 16 heavy (non-hydrogen) atoms. The normalized spacial score (nSPS) is 29.4. The van der Waals surface area contributed by atoms with Gasteiger partial charge in [-0.25, -0.2) is 0 Å². The lowest BCUT2D eigenvalue weighted by Gasteiger charge is -2.34. The number of piperidine rings is 1. The van der Waals surface area contributed by atoms with Crippen molar-refractivity contribution in [2.75, 3.05) is 19.7 Å². The standard InChI is InChI=1S/C12H21NO3/c1-9(14)10-4-6-13(7-5-10)12(15)11-3-2-8-16-11/h9-11,14H,2-8H2,1H3/t9?,11-/m0/s1. The van der Waals surface area contributed by atoms with Gasteiger partial charge < -0.3 is 14.7 Å². The molecule has 2 heterocycles. The zero-order valence-corrected chi connectivity index (χ0v) is 9.89. The summed E-state index contributed by atoms with van der Waals surface area (Å²) >= 11 is 0.